The van der Waals surface area contributed by atoms with Gasteiger partial charge in [-0.1, -0.05) is 6.08 Å². The van der Waals surface area contributed by atoms with Crippen molar-refractivity contribution in [1.29, 1.82) is 0 Å². The van der Waals surface area contributed by atoms with E-state index in [1.165, 1.54) is 13.2 Å². The van der Waals surface area contributed by atoms with Crippen molar-refractivity contribution in [3.05, 3.63) is 47.7 Å². The molecule has 3 aliphatic heterocycles. The molecule has 4 rings (SSSR count). The molecule has 12 nitrogen and oxygen atoms in total. The van der Waals surface area contributed by atoms with Crippen LogP contribution in [0.25, 0.3) is 0 Å². The second kappa shape index (κ2) is 11.4. The number of hydrogen-bond donors (Lipinski definition) is 7. The number of carbonyl (C=O) groups is 1. The van der Waals surface area contributed by atoms with Crippen LogP contribution in [0.2, 0.25) is 0 Å². The highest BCUT2D eigenvalue weighted by atomic mass is 16.8. The molecule has 3 heterocycles. The summed E-state index contributed by atoms with van der Waals surface area (Å²) < 4.78 is 22.0. The summed E-state index contributed by atoms with van der Waals surface area (Å²) >= 11 is 0. The zero-order valence-electron chi connectivity index (χ0n) is 20.3. The number of nitrogens with one attached hydrogen (secondary N) is 1. The largest absolute Gasteiger partial charge is 0.504 e. The molecule has 0 spiro atoms. The maximum Gasteiger partial charge on any atom is 0.334 e. The summed E-state index contributed by atoms with van der Waals surface area (Å²) in [6.45, 7) is 3.84. The lowest BCUT2D eigenvalue weighted by Gasteiger charge is -2.43. The fourth-order valence-corrected chi connectivity index (χ4v) is 5.21. The fourth-order valence-electron chi connectivity index (χ4n) is 5.21. The number of aliphatic hydroxyl groups is 4. The number of fused-ring (bicyclic) bond motifs is 1. The number of methoxy groups -OCH3 is 1. The number of carboxylic acids is 1. The van der Waals surface area contributed by atoms with Crippen molar-refractivity contribution in [3.8, 4) is 11.5 Å². The summed E-state index contributed by atoms with van der Waals surface area (Å²) in [7, 11) is 1.47. The van der Waals surface area contributed by atoms with Crippen molar-refractivity contribution in [2.75, 3.05) is 20.3 Å². The minimum atomic E-state index is -1.65. The minimum absolute atomic E-state index is 0.00907. The monoisotopic (exact) mass is 523 g/mol. The second-order valence-corrected chi connectivity index (χ2v) is 9.35. The van der Waals surface area contributed by atoms with Gasteiger partial charge in [0, 0.05) is 17.9 Å². The molecule has 37 heavy (non-hydrogen) atoms. The lowest BCUT2D eigenvalue weighted by Crippen LogP contribution is -2.60. The Morgan fingerprint density at radius 1 is 1.22 bits per heavy atom. The first-order chi connectivity index (χ1) is 17.7. The first-order valence-corrected chi connectivity index (χ1v) is 12.0. The third kappa shape index (κ3) is 5.32. The number of ether oxygens (including phenoxy) is 4. The molecule has 12 heteroatoms. The van der Waals surface area contributed by atoms with Crippen molar-refractivity contribution in [2.24, 2.45) is 11.8 Å². The van der Waals surface area contributed by atoms with Gasteiger partial charge in [0.05, 0.1) is 25.6 Å². The summed E-state index contributed by atoms with van der Waals surface area (Å²) in [4.78, 5) is 12.1. The van der Waals surface area contributed by atoms with E-state index >= 15 is 0 Å². The lowest BCUT2D eigenvalue weighted by molar-refractivity contribution is -0.339. The van der Waals surface area contributed by atoms with Crippen molar-refractivity contribution in [2.45, 2.75) is 55.9 Å². The molecular weight excluding hydrogens is 490 g/mol. The maximum absolute atomic E-state index is 12.1. The highest BCUT2D eigenvalue weighted by Gasteiger charge is 2.48. The van der Waals surface area contributed by atoms with Gasteiger partial charge in [-0.3, -0.25) is 0 Å². The van der Waals surface area contributed by atoms with Gasteiger partial charge in [-0.25, -0.2) is 4.79 Å². The minimum Gasteiger partial charge on any atom is -0.504 e. The molecule has 7 N–H and O–H groups in total. The molecule has 3 aliphatic rings. The van der Waals surface area contributed by atoms with Crippen molar-refractivity contribution in [1.82, 2.24) is 5.32 Å². The molecule has 0 amide bonds. The van der Waals surface area contributed by atoms with Gasteiger partial charge >= 0.3 is 5.97 Å². The van der Waals surface area contributed by atoms with Crippen LogP contribution in [-0.4, -0.2) is 93.9 Å². The number of phenolic OH excluding ortho intramolecular Hbond substituents is 1. The van der Waals surface area contributed by atoms with Crippen LogP contribution >= 0.6 is 0 Å². The predicted octanol–water partition coefficient (Wildman–Crippen LogP) is -0.463. The van der Waals surface area contributed by atoms with E-state index in [2.05, 4.69) is 11.9 Å². The number of rotatable bonds is 8. The molecule has 204 valence electrons. The summed E-state index contributed by atoms with van der Waals surface area (Å²) in [5, 5.41) is 63.6. The highest BCUT2D eigenvalue weighted by Crippen LogP contribution is 2.42. The molecule has 0 saturated carbocycles. The topological polar surface area (TPSA) is 187 Å². The van der Waals surface area contributed by atoms with E-state index in [0.717, 1.165) is 17.4 Å². The van der Waals surface area contributed by atoms with Gasteiger partial charge in [-0.15, -0.1) is 6.58 Å². The Kier molecular flexibility index (Phi) is 8.39. The van der Waals surface area contributed by atoms with Gasteiger partial charge < -0.3 is 54.9 Å². The summed E-state index contributed by atoms with van der Waals surface area (Å²) in [5.41, 5.74) is 1.77. The summed E-state index contributed by atoms with van der Waals surface area (Å²) in [5.74, 6) is -2.24. The van der Waals surface area contributed by atoms with Crippen LogP contribution < -0.4 is 10.1 Å². The van der Waals surface area contributed by atoms with Gasteiger partial charge in [0.2, 0.25) is 6.29 Å². The third-order valence-electron chi connectivity index (χ3n) is 7.23. The summed E-state index contributed by atoms with van der Waals surface area (Å²) in [6, 6.07) is 3.06. The molecular formula is C25H33NO11. The molecule has 1 aromatic carbocycles. The number of hydrogen-bond acceptors (Lipinski definition) is 11. The van der Waals surface area contributed by atoms with E-state index < -0.39 is 61.4 Å². The molecule has 0 aromatic heterocycles. The van der Waals surface area contributed by atoms with E-state index in [0.29, 0.717) is 18.7 Å². The molecule has 0 radical (unpaired) electrons. The molecule has 1 saturated heterocycles. The van der Waals surface area contributed by atoms with E-state index in [9.17, 15) is 35.4 Å². The second-order valence-electron chi connectivity index (χ2n) is 9.35. The zero-order chi connectivity index (χ0) is 26.9. The molecule has 1 aromatic rings. The number of phenols is 1. The van der Waals surface area contributed by atoms with E-state index in [1.807, 2.05) is 0 Å². The molecule has 9 atom stereocenters. The van der Waals surface area contributed by atoms with Crippen molar-refractivity contribution in [3.63, 3.8) is 0 Å². The number of aromatic hydroxyl groups is 1. The lowest BCUT2D eigenvalue weighted by atomic mass is 9.77. The number of aliphatic hydroxyl groups excluding tert-OH is 4. The third-order valence-corrected chi connectivity index (χ3v) is 7.23. The van der Waals surface area contributed by atoms with Crippen molar-refractivity contribution >= 4 is 5.97 Å². The summed E-state index contributed by atoms with van der Waals surface area (Å²) in [6.07, 6.45) is -5.10. The Balaban J connectivity index is 1.60. The zero-order valence-corrected chi connectivity index (χ0v) is 20.3. The van der Waals surface area contributed by atoms with E-state index in [-0.39, 0.29) is 23.8 Å². The molecule has 0 bridgehead atoms. The Labute approximate surface area is 213 Å². The van der Waals surface area contributed by atoms with Crippen LogP contribution in [0.3, 0.4) is 0 Å². The molecule has 9 unspecified atom stereocenters. The highest BCUT2D eigenvalue weighted by molar-refractivity contribution is 5.87. The SMILES string of the molecule is C=CC1C(OC2OC(CO)C(O)C(O)C2O)OC=C(C(=O)O)C1CC1NCCc2cc(OC)c(O)cc21. The maximum atomic E-state index is 12.1. The van der Waals surface area contributed by atoms with Gasteiger partial charge in [-0.2, -0.15) is 0 Å². The standard InChI is InChI=1S/C25H33NO11/c1-3-12-14(7-16-13-8-17(28)18(34-2)6-11(13)4-5-26-16)15(23(32)33)10-35-24(12)37-25-22(31)21(30)20(29)19(9-27)36-25/h3,6,8,10,12,14,16,19-22,24-31H,1,4-5,7,9H2,2H3,(H,32,33). The smallest absolute Gasteiger partial charge is 0.334 e. The first-order valence-electron chi connectivity index (χ1n) is 12.0. The van der Waals surface area contributed by atoms with E-state index in [1.54, 1.807) is 12.1 Å². The number of benzene rings is 1. The van der Waals surface area contributed by atoms with Gasteiger partial charge in [-0.05, 0) is 42.6 Å². The Bertz CT molecular complexity index is 1030. The fraction of sp³-hybridized carbons (Fsp3) is 0.560. The first kappa shape index (κ1) is 27.3. The average Bonchev–Trinajstić information content (AvgIpc) is 2.88. The molecule has 1 fully saturated rings. The van der Waals surface area contributed by atoms with Crippen LogP contribution in [-0.2, 0) is 25.4 Å². The van der Waals surface area contributed by atoms with Crippen LogP contribution in [0.1, 0.15) is 23.6 Å². The molecule has 0 aliphatic carbocycles. The average molecular weight is 524 g/mol. The van der Waals surface area contributed by atoms with Gasteiger partial charge in [0.15, 0.2) is 17.8 Å². The number of aliphatic carboxylic acids is 1. The Morgan fingerprint density at radius 3 is 2.62 bits per heavy atom. The van der Waals surface area contributed by atoms with Crippen LogP contribution in [0.5, 0.6) is 11.5 Å². The van der Waals surface area contributed by atoms with Gasteiger partial charge in [0.25, 0.3) is 0 Å². The predicted molar refractivity (Wildman–Crippen MR) is 126 cm³/mol. The van der Waals surface area contributed by atoms with Crippen LogP contribution in [0.4, 0.5) is 0 Å². The normalized spacial score (nSPS) is 35.6. The van der Waals surface area contributed by atoms with Crippen molar-refractivity contribution < 1.29 is 54.4 Å². The quantitative estimate of drug-likeness (QED) is 0.218. The van der Waals surface area contributed by atoms with E-state index in [4.69, 9.17) is 18.9 Å². The number of carboxylic acid groups (broad SMARTS) is 1. The Hall–Kier alpha value is -2.71. The van der Waals surface area contributed by atoms with Crippen LogP contribution in [0, 0.1) is 11.8 Å². The van der Waals surface area contributed by atoms with Gasteiger partial charge in [0.1, 0.15) is 24.4 Å². The van der Waals surface area contributed by atoms with Crippen LogP contribution in [0.15, 0.2) is 36.6 Å². The Morgan fingerprint density at radius 2 is 1.97 bits per heavy atom.